The van der Waals surface area contributed by atoms with Gasteiger partial charge in [0.25, 0.3) is 0 Å². The fraction of sp³-hybridized carbons (Fsp3) is 0.394. The molecule has 1 N–H and O–H groups in total. The predicted octanol–water partition coefficient (Wildman–Crippen LogP) is 7.84. The Bertz CT molecular complexity index is 1190. The molecule has 0 aliphatic carbocycles. The Balaban J connectivity index is 1.99. The molecule has 0 aromatic heterocycles. The van der Waals surface area contributed by atoms with E-state index >= 15 is 0 Å². The standard InChI is InChI=1S/C33H40O3/c1-7-8-9-10-26-11-13-27(14-12-26)15-16-29-19-28(20-31(23(2)3)33(29)36-22-35-6)21-32-24(4)17-30(34)18-25(32)5/h11-14,17-20,23,34H,7-10,21-22H2,1-6H3. The Morgan fingerprint density at radius 2 is 1.58 bits per heavy atom. The molecule has 3 nitrogen and oxygen atoms in total. The van der Waals surface area contributed by atoms with Crippen LogP contribution in [0.3, 0.4) is 0 Å². The molecule has 0 amide bonds. The van der Waals surface area contributed by atoms with Crippen molar-refractivity contribution in [1.29, 1.82) is 0 Å². The number of hydrogen-bond acceptors (Lipinski definition) is 3. The van der Waals surface area contributed by atoms with Crippen LogP contribution in [-0.4, -0.2) is 19.0 Å². The Kier molecular flexibility index (Phi) is 10.0. The highest BCUT2D eigenvalue weighted by atomic mass is 16.7. The molecule has 0 aliphatic heterocycles. The third-order valence-electron chi connectivity index (χ3n) is 6.55. The molecular weight excluding hydrogens is 444 g/mol. The summed E-state index contributed by atoms with van der Waals surface area (Å²) < 4.78 is 11.3. The van der Waals surface area contributed by atoms with Crippen molar-refractivity contribution in [3.8, 4) is 23.3 Å². The lowest BCUT2D eigenvalue weighted by Crippen LogP contribution is -2.06. The van der Waals surface area contributed by atoms with Gasteiger partial charge in [-0.25, -0.2) is 0 Å². The molecule has 3 rings (SSSR count). The van der Waals surface area contributed by atoms with Gasteiger partial charge in [0.1, 0.15) is 11.5 Å². The van der Waals surface area contributed by atoms with Gasteiger partial charge in [-0.15, -0.1) is 0 Å². The maximum atomic E-state index is 9.97. The summed E-state index contributed by atoms with van der Waals surface area (Å²) in [6.45, 7) is 10.9. The van der Waals surface area contributed by atoms with Gasteiger partial charge in [0.05, 0.1) is 5.56 Å². The van der Waals surface area contributed by atoms with Crippen LogP contribution < -0.4 is 4.74 Å². The first-order chi connectivity index (χ1) is 17.3. The minimum absolute atomic E-state index is 0.177. The van der Waals surface area contributed by atoms with Crippen LogP contribution in [0.4, 0.5) is 0 Å². The zero-order valence-corrected chi connectivity index (χ0v) is 22.7. The van der Waals surface area contributed by atoms with Crippen molar-refractivity contribution in [3.63, 3.8) is 0 Å². The largest absolute Gasteiger partial charge is 0.508 e. The van der Waals surface area contributed by atoms with E-state index in [2.05, 4.69) is 69.0 Å². The van der Waals surface area contributed by atoms with E-state index in [4.69, 9.17) is 9.47 Å². The van der Waals surface area contributed by atoms with Gasteiger partial charge >= 0.3 is 0 Å². The predicted molar refractivity (Wildman–Crippen MR) is 149 cm³/mol. The van der Waals surface area contributed by atoms with Crippen LogP contribution in [-0.2, 0) is 17.6 Å². The first kappa shape index (κ1) is 27.4. The van der Waals surface area contributed by atoms with E-state index in [0.29, 0.717) is 5.75 Å². The number of rotatable bonds is 10. The number of aryl methyl sites for hydroxylation is 3. The molecular formula is C33H40O3. The number of phenolic OH excluding ortho intramolecular Hbond substituents is 1. The molecule has 0 fully saturated rings. The lowest BCUT2D eigenvalue weighted by atomic mass is 9.91. The first-order valence-electron chi connectivity index (χ1n) is 13.0. The average molecular weight is 485 g/mol. The Morgan fingerprint density at radius 1 is 0.889 bits per heavy atom. The Labute approximate surface area is 217 Å². The molecule has 3 aromatic rings. The van der Waals surface area contributed by atoms with Crippen molar-refractivity contribution in [1.82, 2.24) is 0 Å². The highest BCUT2D eigenvalue weighted by molar-refractivity contribution is 5.57. The number of hydrogen-bond donors (Lipinski definition) is 1. The topological polar surface area (TPSA) is 38.7 Å². The van der Waals surface area contributed by atoms with Crippen LogP contribution in [0, 0.1) is 25.7 Å². The number of ether oxygens (including phenoxy) is 2. The molecule has 0 aliphatic rings. The molecule has 0 saturated carbocycles. The number of benzene rings is 3. The lowest BCUT2D eigenvalue weighted by molar-refractivity contribution is 0.0500. The number of methoxy groups -OCH3 is 1. The average Bonchev–Trinajstić information content (AvgIpc) is 2.84. The van der Waals surface area contributed by atoms with E-state index in [-0.39, 0.29) is 12.7 Å². The maximum Gasteiger partial charge on any atom is 0.188 e. The van der Waals surface area contributed by atoms with E-state index < -0.39 is 0 Å². The van der Waals surface area contributed by atoms with Crippen molar-refractivity contribution in [2.75, 3.05) is 13.9 Å². The fourth-order valence-corrected chi connectivity index (χ4v) is 4.54. The van der Waals surface area contributed by atoms with Crippen molar-refractivity contribution in [3.05, 3.63) is 93.0 Å². The second-order valence-electron chi connectivity index (χ2n) is 9.91. The smallest absolute Gasteiger partial charge is 0.188 e. The van der Waals surface area contributed by atoms with Gasteiger partial charge in [-0.05, 0) is 103 Å². The van der Waals surface area contributed by atoms with Crippen LogP contribution in [0.5, 0.6) is 11.5 Å². The van der Waals surface area contributed by atoms with Gasteiger partial charge in [-0.3, -0.25) is 0 Å². The first-order valence-corrected chi connectivity index (χ1v) is 13.0. The second kappa shape index (κ2) is 13.2. The van der Waals surface area contributed by atoms with Gasteiger partial charge < -0.3 is 14.6 Å². The molecule has 3 aromatic carbocycles. The summed E-state index contributed by atoms with van der Waals surface area (Å²) >= 11 is 0. The van der Waals surface area contributed by atoms with Gasteiger partial charge in [0.2, 0.25) is 0 Å². The van der Waals surface area contributed by atoms with Crippen molar-refractivity contribution in [2.45, 2.75) is 72.6 Å². The highest BCUT2D eigenvalue weighted by Crippen LogP contribution is 2.33. The van der Waals surface area contributed by atoms with Crippen LogP contribution >= 0.6 is 0 Å². The SMILES string of the molecule is CCCCCc1ccc(C#Cc2cc(Cc3c(C)cc(O)cc3C)cc(C(C)C)c2OCOC)cc1. The minimum atomic E-state index is 0.177. The van der Waals surface area contributed by atoms with Gasteiger partial charge in [0.15, 0.2) is 6.79 Å². The summed E-state index contributed by atoms with van der Waals surface area (Å²) in [6, 6.07) is 16.6. The van der Waals surface area contributed by atoms with E-state index in [1.165, 1.54) is 36.0 Å². The molecule has 0 radical (unpaired) electrons. The molecule has 0 unspecified atom stereocenters. The van der Waals surface area contributed by atoms with Crippen molar-refractivity contribution < 1.29 is 14.6 Å². The normalized spacial score (nSPS) is 10.9. The van der Waals surface area contributed by atoms with Gasteiger partial charge in [0, 0.05) is 12.7 Å². The van der Waals surface area contributed by atoms with Crippen LogP contribution in [0.25, 0.3) is 0 Å². The summed E-state index contributed by atoms with van der Waals surface area (Å²) in [4.78, 5) is 0. The second-order valence-corrected chi connectivity index (χ2v) is 9.91. The summed E-state index contributed by atoms with van der Waals surface area (Å²) in [6.07, 6.45) is 5.62. The maximum absolute atomic E-state index is 9.97. The molecule has 190 valence electrons. The van der Waals surface area contributed by atoms with Crippen LogP contribution in [0.2, 0.25) is 0 Å². The molecule has 0 heterocycles. The van der Waals surface area contributed by atoms with E-state index in [9.17, 15) is 5.11 Å². The number of phenols is 1. The monoisotopic (exact) mass is 484 g/mol. The molecule has 0 bridgehead atoms. The molecule has 0 atom stereocenters. The quantitative estimate of drug-likeness (QED) is 0.181. The molecule has 3 heteroatoms. The van der Waals surface area contributed by atoms with E-state index in [1.807, 2.05) is 26.0 Å². The van der Waals surface area contributed by atoms with Gasteiger partial charge in [-0.2, -0.15) is 0 Å². The lowest BCUT2D eigenvalue weighted by Gasteiger charge is -2.18. The zero-order chi connectivity index (χ0) is 26.1. The minimum Gasteiger partial charge on any atom is -0.508 e. The third-order valence-corrected chi connectivity index (χ3v) is 6.55. The highest BCUT2D eigenvalue weighted by Gasteiger charge is 2.16. The van der Waals surface area contributed by atoms with Gasteiger partial charge in [-0.1, -0.05) is 63.7 Å². The summed E-state index contributed by atoms with van der Waals surface area (Å²) in [5.41, 5.74) is 8.93. The van der Waals surface area contributed by atoms with Crippen molar-refractivity contribution in [2.24, 2.45) is 0 Å². The van der Waals surface area contributed by atoms with Crippen LogP contribution in [0.15, 0.2) is 48.5 Å². The van der Waals surface area contributed by atoms with Crippen molar-refractivity contribution >= 4 is 0 Å². The molecule has 0 spiro atoms. The number of aromatic hydroxyl groups is 1. The number of unbranched alkanes of at least 4 members (excludes halogenated alkanes) is 2. The summed E-state index contributed by atoms with van der Waals surface area (Å²) in [7, 11) is 1.63. The fourth-order valence-electron chi connectivity index (χ4n) is 4.54. The molecule has 36 heavy (non-hydrogen) atoms. The third kappa shape index (κ3) is 7.39. The van der Waals surface area contributed by atoms with E-state index in [1.54, 1.807) is 7.11 Å². The zero-order valence-electron chi connectivity index (χ0n) is 22.7. The van der Waals surface area contributed by atoms with Crippen LogP contribution in [0.1, 0.15) is 90.5 Å². The summed E-state index contributed by atoms with van der Waals surface area (Å²) in [5, 5.41) is 9.97. The summed E-state index contributed by atoms with van der Waals surface area (Å²) in [5.74, 6) is 8.12. The van der Waals surface area contributed by atoms with E-state index in [0.717, 1.165) is 46.4 Å². The molecule has 0 saturated heterocycles. The Hall–Kier alpha value is -3.22. The Morgan fingerprint density at radius 3 is 2.19 bits per heavy atom.